The van der Waals surface area contributed by atoms with E-state index in [2.05, 4.69) is 22.5 Å². The van der Waals surface area contributed by atoms with Gasteiger partial charge in [0.05, 0.1) is 18.3 Å². The molecular weight excluding hydrogens is 775 g/mol. The van der Waals surface area contributed by atoms with E-state index < -0.39 is 124 Å². The first-order valence-electron chi connectivity index (χ1n) is 18.4. The van der Waals surface area contributed by atoms with Crippen LogP contribution < -0.4 is 20.7 Å². The summed E-state index contributed by atoms with van der Waals surface area (Å²) in [6.45, 7) is 8.60. The first-order chi connectivity index (χ1) is 26.7. The second-order valence-electron chi connectivity index (χ2n) is 15.7. The first kappa shape index (κ1) is 41.2. The molecule has 57 heavy (non-hydrogen) atoms. The molecular formula is C36H45FN6O13S. The summed E-state index contributed by atoms with van der Waals surface area (Å²) >= 11 is 0. The van der Waals surface area contributed by atoms with Crippen LogP contribution in [0.2, 0.25) is 0 Å². The zero-order chi connectivity index (χ0) is 41.6. The molecule has 7 atom stereocenters. The van der Waals surface area contributed by atoms with Crippen LogP contribution in [-0.4, -0.2) is 120 Å². The van der Waals surface area contributed by atoms with E-state index in [0.717, 1.165) is 4.90 Å². The number of sulfonamides is 1. The number of hydrogen-bond acceptors (Lipinski definition) is 13. The summed E-state index contributed by atoms with van der Waals surface area (Å²) in [7, 11) is -4.01. The molecule has 19 nitrogen and oxygen atoms in total. The number of carbonyl (C=O) groups is 7. The molecule has 0 radical (unpaired) electrons. The number of alkyl carbamates (subject to hydrolysis) is 2. The fraction of sp³-hybridized carbons (Fsp3) is 0.583. The molecule has 3 heterocycles. The van der Waals surface area contributed by atoms with Crippen molar-refractivity contribution < 1.29 is 65.3 Å². The Kier molecular flexibility index (Phi) is 11.2. The fourth-order valence-corrected chi connectivity index (χ4v) is 8.26. The molecule has 2 saturated heterocycles. The van der Waals surface area contributed by atoms with Crippen LogP contribution in [0.4, 0.5) is 18.8 Å². The van der Waals surface area contributed by atoms with Crippen LogP contribution in [0, 0.1) is 11.7 Å². The Labute approximate surface area is 327 Å². The Morgan fingerprint density at radius 2 is 1.84 bits per heavy atom. The Balaban J connectivity index is 1.23. The highest BCUT2D eigenvalue weighted by Gasteiger charge is 2.62. The molecule has 21 heteroatoms. The van der Waals surface area contributed by atoms with Crippen LogP contribution in [0.5, 0.6) is 0 Å². The van der Waals surface area contributed by atoms with E-state index in [4.69, 9.17) is 18.9 Å². The van der Waals surface area contributed by atoms with Crippen molar-refractivity contribution in [3.8, 4) is 0 Å². The largest absolute Gasteiger partial charge is 0.458 e. The number of ether oxygens (including phenoxy) is 4. The SMILES string of the molecule is C=CC1CC1(NC(=O)[C@@H]1CC(OC(=O)N2Cc3cccc(F)c3C2)CN1C(=O)[C@H](COC(=O)N[C@@H]1C(=O)O[C@@H]1C)NC(=O)OC(C)(C)C)C(=O)NS(=O)(=O)C1CC1. The molecule has 2 aliphatic carbocycles. The Morgan fingerprint density at radius 1 is 1.12 bits per heavy atom. The predicted molar refractivity (Wildman–Crippen MR) is 192 cm³/mol. The zero-order valence-electron chi connectivity index (χ0n) is 31.7. The zero-order valence-corrected chi connectivity index (χ0v) is 32.5. The summed E-state index contributed by atoms with van der Waals surface area (Å²) in [5.74, 6) is -4.78. The molecule has 4 N–H and O–H groups in total. The van der Waals surface area contributed by atoms with Gasteiger partial charge in [0, 0.05) is 24.4 Å². The highest BCUT2D eigenvalue weighted by atomic mass is 32.2. The average Bonchev–Trinajstić information content (AvgIpc) is 4.02. The summed E-state index contributed by atoms with van der Waals surface area (Å²) in [6.07, 6.45) is -3.08. The molecule has 0 aromatic heterocycles. The Bertz CT molecular complexity index is 1990. The lowest BCUT2D eigenvalue weighted by molar-refractivity contribution is -0.174. The highest BCUT2D eigenvalue weighted by Crippen LogP contribution is 2.45. The lowest BCUT2D eigenvalue weighted by Gasteiger charge is -2.32. The first-order valence-corrected chi connectivity index (χ1v) is 19.9. The third-order valence-corrected chi connectivity index (χ3v) is 12.0. The number of cyclic esters (lactones) is 1. The number of nitrogens with zero attached hydrogens (tertiary/aromatic N) is 2. The van der Waals surface area contributed by atoms with Gasteiger partial charge in [0.25, 0.3) is 5.91 Å². The molecule has 3 aliphatic heterocycles. The maximum atomic E-state index is 14.5. The van der Waals surface area contributed by atoms with E-state index >= 15 is 0 Å². The number of carbonyl (C=O) groups excluding carboxylic acids is 7. The molecule has 3 unspecified atom stereocenters. The van der Waals surface area contributed by atoms with Crippen molar-refractivity contribution in [1.29, 1.82) is 0 Å². The standard InChI is InChI=1S/C36H45FN6O13S/c1-6-20-13-36(20,31(47)41-57(51,52)22-10-11-22)40-28(44)26-12-21(55-34(50)42-14-19-8-7-9-24(37)23(19)16-42)15-43(26)29(45)25(38-33(49)56-35(3,4)5)17-53-32(48)39-27-18(2)54-30(27)46/h6-9,18,20-22,25-27H,1,10-17H2,2-5H3,(H,38,49)(H,39,48)(H,40,44)(H,41,47)/t18-,20?,21?,25+,26+,27+,36?/m1/s1. The van der Waals surface area contributed by atoms with Crippen LogP contribution in [0.25, 0.3) is 0 Å². The quantitative estimate of drug-likeness (QED) is 0.130. The molecule has 0 bridgehead atoms. The number of hydrogen-bond donors (Lipinski definition) is 4. The van der Waals surface area contributed by atoms with Crippen LogP contribution in [-0.2, 0) is 61.2 Å². The van der Waals surface area contributed by atoms with E-state index in [0.29, 0.717) is 24.0 Å². The number of nitrogens with one attached hydrogen (secondary N) is 4. The van der Waals surface area contributed by atoms with E-state index in [1.165, 1.54) is 30.0 Å². The number of rotatable bonds is 12. The predicted octanol–water partition coefficient (Wildman–Crippen LogP) is 0.850. The molecule has 1 aromatic carbocycles. The number of benzene rings is 1. The average molecular weight is 821 g/mol. The van der Waals surface area contributed by atoms with Crippen molar-refractivity contribution in [2.24, 2.45) is 5.92 Å². The minimum absolute atomic E-state index is 0.00164. The van der Waals surface area contributed by atoms with Crippen LogP contribution in [0.15, 0.2) is 30.9 Å². The van der Waals surface area contributed by atoms with Gasteiger partial charge in [0.1, 0.15) is 47.9 Å². The molecule has 6 amide bonds. The topological polar surface area (TPSA) is 245 Å². The van der Waals surface area contributed by atoms with Crippen molar-refractivity contribution >= 4 is 52.0 Å². The van der Waals surface area contributed by atoms with Crippen molar-refractivity contribution in [2.75, 3.05) is 13.2 Å². The van der Waals surface area contributed by atoms with Gasteiger partial charge in [-0.15, -0.1) is 6.58 Å². The van der Waals surface area contributed by atoms with E-state index in [1.807, 2.05) is 4.72 Å². The van der Waals surface area contributed by atoms with Gasteiger partial charge in [-0.1, -0.05) is 18.2 Å². The second-order valence-corrected chi connectivity index (χ2v) is 17.7. The van der Waals surface area contributed by atoms with Crippen LogP contribution in [0.1, 0.15) is 64.5 Å². The van der Waals surface area contributed by atoms with Crippen molar-refractivity contribution in [2.45, 2.75) is 113 Å². The number of amides is 6. The maximum absolute atomic E-state index is 14.5. The molecule has 6 rings (SSSR count). The smallest absolute Gasteiger partial charge is 0.410 e. The normalized spacial score (nSPS) is 26.8. The summed E-state index contributed by atoms with van der Waals surface area (Å²) in [5.41, 5.74) is -1.88. The van der Waals surface area contributed by atoms with Gasteiger partial charge < -0.3 is 39.8 Å². The van der Waals surface area contributed by atoms with Crippen LogP contribution in [0.3, 0.4) is 0 Å². The lowest BCUT2D eigenvalue weighted by atomic mass is 10.1. The molecule has 1 aromatic rings. The monoisotopic (exact) mass is 820 g/mol. The second kappa shape index (κ2) is 15.5. The summed E-state index contributed by atoms with van der Waals surface area (Å²) in [5, 5.41) is 6.51. The third kappa shape index (κ3) is 9.07. The third-order valence-electron chi connectivity index (χ3n) is 10.2. The van der Waals surface area contributed by atoms with E-state index in [-0.39, 0.29) is 25.9 Å². The van der Waals surface area contributed by atoms with Gasteiger partial charge in [-0.05, 0) is 58.6 Å². The molecule has 0 spiro atoms. The maximum Gasteiger partial charge on any atom is 0.410 e. The Morgan fingerprint density at radius 3 is 2.44 bits per heavy atom. The highest BCUT2D eigenvalue weighted by molar-refractivity contribution is 7.91. The van der Waals surface area contributed by atoms with Gasteiger partial charge in [0.2, 0.25) is 21.8 Å². The molecule has 310 valence electrons. The molecule has 5 aliphatic rings. The van der Waals surface area contributed by atoms with Crippen molar-refractivity contribution in [1.82, 2.24) is 30.5 Å². The lowest BCUT2D eigenvalue weighted by Crippen LogP contribution is -2.60. The summed E-state index contributed by atoms with van der Waals surface area (Å²) in [6, 6.07) is 0.227. The minimum Gasteiger partial charge on any atom is -0.458 e. The van der Waals surface area contributed by atoms with Crippen LogP contribution >= 0.6 is 0 Å². The van der Waals surface area contributed by atoms with Crippen molar-refractivity contribution in [3.63, 3.8) is 0 Å². The van der Waals surface area contributed by atoms with E-state index in [1.54, 1.807) is 26.8 Å². The van der Waals surface area contributed by atoms with Gasteiger partial charge >= 0.3 is 24.2 Å². The number of esters is 1. The van der Waals surface area contributed by atoms with Crippen molar-refractivity contribution in [3.05, 3.63) is 47.8 Å². The number of fused-ring (bicyclic) bond motifs is 1. The molecule has 2 saturated carbocycles. The number of likely N-dealkylation sites (tertiary alicyclic amines) is 1. The number of halogens is 1. The molecule has 4 fully saturated rings. The van der Waals surface area contributed by atoms with E-state index in [9.17, 15) is 46.4 Å². The summed E-state index contributed by atoms with van der Waals surface area (Å²) in [4.78, 5) is 94.9. The van der Waals surface area contributed by atoms with Gasteiger partial charge in [0.15, 0.2) is 6.04 Å². The fourth-order valence-electron chi connectivity index (χ4n) is 6.89. The Hall–Kier alpha value is -5.47. The van der Waals surface area contributed by atoms with Gasteiger partial charge in [-0.3, -0.25) is 24.0 Å². The minimum atomic E-state index is -4.01. The van der Waals surface area contributed by atoms with Gasteiger partial charge in [-0.25, -0.2) is 32.0 Å². The van der Waals surface area contributed by atoms with Gasteiger partial charge in [-0.2, -0.15) is 0 Å². The summed E-state index contributed by atoms with van der Waals surface area (Å²) < 4.78 is 62.9.